The molecule has 190 valence electrons. The summed E-state index contributed by atoms with van der Waals surface area (Å²) in [7, 11) is 0. The van der Waals surface area contributed by atoms with Gasteiger partial charge in [-0.05, 0) is 71.3 Å². The van der Waals surface area contributed by atoms with Crippen molar-refractivity contribution in [1.29, 1.82) is 0 Å². The number of carbonyl (C=O) groups excluding carboxylic acids is 2. The van der Waals surface area contributed by atoms with Gasteiger partial charge in [-0.2, -0.15) is 0 Å². The summed E-state index contributed by atoms with van der Waals surface area (Å²) in [4.78, 5) is 40.3. The van der Waals surface area contributed by atoms with Crippen molar-refractivity contribution in [2.24, 2.45) is 0 Å². The predicted octanol–water partition coefficient (Wildman–Crippen LogP) is 3.79. The SMILES string of the molecule is CC(C)(C)OC(=O)N1C[C@@H](N2CCC(c3nc4ccc(F)cc4[nH]3)CC2)C[C@H]1C(=O)N1CCSC1. The Bertz CT molecular complexity index is 1090. The third-order valence-corrected chi connectivity index (χ3v) is 8.12. The molecule has 0 radical (unpaired) electrons. The number of hydrogen-bond acceptors (Lipinski definition) is 6. The van der Waals surface area contributed by atoms with Gasteiger partial charge < -0.3 is 14.6 Å². The minimum absolute atomic E-state index is 0.0350. The molecule has 3 fully saturated rings. The number of piperidine rings is 1. The van der Waals surface area contributed by atoms with E-state index < -0.39 is 17.7 Å². The number of aromatic amines is 1. The van der Waals surface area contributed by atoms with Gasteiger partial charge in [0.2, 0.25) is 5.91 Å². The summed E-state index contributed by atoms with van der Waals surface area (Å²) >= 11 is 1.75. The fourth-order valence-electron chi connectivity index (χ4n) is 5.37. The van der Waals surface area contributed by atoms with E-state index in [0.717, 1.165) is 55.1 Å². The van der Waals surface area contributed by atoms with Crippen LogP contribution in [-0.4, -0.2) is 92.2 Å². The highest BCUT2D eigenvalue weighted by molar-refractivity contribution is 7.99. The molecule has 0 spiro atoms. The summed E-state index contributed by atoms with van der Waals surface area (Å²) in [6.07, 6.45) is 2.07. The van der Waals surface area contributed by atoms with Crippen LogP contribution in [-0.2, 0) is 9.53 Å². The number of thioether (sulfide) groups is 1. The number of fused-ring (bicyclic) bond motifs is 1. The van der Waals surface area contributed by atoms with Crippen LogP contribution in [0.15, 0.2) is 18.2 Å². The Balaban J connectivity index is 1.26. The van der Waals surface area contributed by atoms with E-state index in [4.69, 9.17) is 4.74 Å². The Morgan fingerprint density at radius 3 is 2.66 bits per heavy atom. The van der Waals surface area contributed by atoms with Crippen LogP contribution >= 0.6 is 11.8 Å². The van der Waals surface area contributed by atoms with Gasteiger partial charge in [0, 0.05) is 30.8 Å². The Hall–Kier alpha value is -2.33. The molecule has 4 heterocycles. The zero-order chi connectivity index (χ0) is 24.7. The molecule has 2 atom stereocenters. The first-order valence-electron chi connectivity index (χ1n) is 12.4. The number of aromatic nitrogens is 2. The maximum Gasteiger partial charge on any atom is 0.411 e. The second-order valence-corrected chi connectivity index (χ2v) is 11.8. The van der Waals surface area contributed by atoms with Crippen LogP contribution in [0.2, 0.25) is 0 Å². The van der Waals surface area contributed by atoms with Crippen LogP contribution in [0.3, 0.4) is 0 Å². The number of benzene rings is 1. The fraction of sp³-hybridized carbons (Fsp3) is 0.640. The number of ether oxygens (including phenoxy) is 1. The third kappa shape index (κ3) is 5.28. The maximum atomic E-state index is 13.6. The van der Waals surface area contributed by atoms with Crippen molar-refractivity contribution in [2.45, 2.75) is 63.6 Å². The lowest BCUT2D eigenvalue weighted by atomic mass is 9.94. The van der Waals surface area contributed by atoms with Crippen LogP contribution in [0.1, 0.15) is 51.8 Å². The Kier molecular flexibility index (Phi) is 6.69. The standard InChI is InChI=1S/C25H34FN5O3S/c1-25(2,3)34-24(33)31-14-18(13-21(31)23(32)30-10-11-35-15-30)29-8-6-16(7-9-29)22-27-19-5-4-17(26)12-20(19)28-22/h4-5,12,16,18,21H,6-11,13-15H2,1-3H3,(H,27,28)/t18-,21-/m0/s1. The molecule has 1 N–H and O–H groups in total. The Morgan fingerprint density at radius 1 is 1.20 bits per heavy atom. The number of likely N-dealkylation sites (tertiary alicyclic amines) is 2. The number of carbonyl (C=O) groups is 2. The summed E-state index contributed by atoms with van der Waals surface area (Å²) in [6, 6.07) is 4.28. The number of H-pyrrole nitrogens is 1. The molecule has 0 aliphatic carbocycles. The van der Waals surface area contributed by atoms with E-state index in [1.807, 2.05) is 25.7 Å². The number of imidazole rings is 1. The number of halogens is 1. The molecular formula is C25H34FN5O3S. The first-order valence-corrected chi connectivity index (χ1v) is 13.6. The van der Waals surface area contributed by atoms with Crippen molar-refractivity contribution >= 4 is 34.8 Å². The van der Waals surface area contributed by atoms with Crippen LogP contribution in [0.4, 0.5) is 9.18 Å². The highest BCUT2D eigenvalue weighted by Crippen LogP contribution is 2.33. The average molecular weight is 504 g/mol. The summed E-state index contributed by atoms with van der Waals surface area (Å²) in [5.41, 5.74) is 0.904. The van der Waals surface area contributed by atoms with Crippen LogP contribution in [0.25, 0.3) is 11.0 Å². The van der Waals surface area contributed by atoms with Gasteiger partial charge in [-0.15, -0.1) is 11.8 Å². The molecule has 1 aromatic heterocycles. The normalized spacial score (nSPS) is 24.5. The van der Waals surface area contributed by atoms with Gasteiger partial charge in [0.15, 0.2) is 0 Å². The third-order valence-electron chi connectivity index (χ3n) is 7.15. The van der Waals surface area contributed by atoms with E-state index in [0.29, 0.717) is 18.8 Å². The van der Waals surface area contributed by atoms with Gasteiger partial charge in [-0.3, -0.25) is 14.6 Å². The number of amides is 2. The monoisotopic (exact) mass is 503 g/mol. The van der Waals surface area contributed by atoms with E-state index in [-0.39, 0.29) is 23.7 Å². The molecule has 1 aromatic carbocycles. The lowest BCUT2D eigenvalue weighted by molar-refractivity contribution is -0.134. The number of nitrogens with one attached hydrogen (secondary N) is 1. The van der Waals surface area contributed by atoms with Crippen molar-refractivity contribution < 1.29 is 18.7 Å². The molecule has 2 aromatic rings. The molecule has 3 aliphatic heterocycles. The first kappa shape index (κ1) is 24.4. The van der Waals surface area contributed by atoms with Gasteiger partial charge in [-0.25, -0.2) is 14.2 Å². The van der Waals surface area contributed by atoms with Gasteiger partial charge in [0.05, 0.1) is 16.9 Å². The van der Waals surface area contributed by atoms with Crippen molar-refractivity contribution in [3.8, 4) is 0 Å². The Morgan fingerprint density at radius 2 is 1.97 bits per heavy atom. The molecule has 3 saturated heterocycles. The highest BCUT2D eigenvalue weighted by atomic mass is 32.2. The molecule has 0 unspecified atom stereocenters. The minimum atomic E-state index is -0.611. The van der Waals surface area contributed by atoms with Crippen LogP contribution < -0.4 is 0 Å². The van der Waals surface area contributed by atoms with E-state index >= 15 is 0 Å². The second-order valence-electron chi connectivity index (χ2n) is 10.8. The molecule has 5 rings (SSSR count). The van der Waals surface area contributed by atoms with Crippen molar-refractivity contribution in [3.05, 3.63) is 29.8 Å². The average Bonchev–Trinajstić information content (AvgIpc) is 3.56. The summed E-state index contributed by atoms with van der Waals surface area (Å²) < 4.78 is 19.2. The zero-order valence-electron chi connectivity index (χ0n) is 20.6. The molecule has 2 amide bonds. The maximum absolute atomic E-state index is 13.6. The summed E-state index contributed by atoms with van der Waals surface area (Å²) in [5, 5.41) is 0. The molecule has 35 heavy (non-hydrogen) atoms. The van der Waals surface area contributed by atoms with Crippen molar-refractivity contribution in [2.75, 3.05) is 37.8 Å². The number of hydrogen-bond donors (Lipinski definition) is 1. The predicted molar refractivity (Wildman–Crippen MR) is 134 cm³/mol. The van der Waals surface area contributed by atoms with Crippen molar-refractivity contribution in [3.63, 3.8) is 0 Å². The van der Waals surface area contributed by atoms with Crippen LogP contribution in [0.5, 0.6) is 0 Å². The van der Waals surface area contributed by atoms with E-state index in [9.17, 15) is 14.0 Å². The first-order chi connectivity index (χ1) is 16.7. The quantitative estimate of drug-likeness (QED) is 0.686. The lowest BCUT2D eigenvalue weighted by Gasteiger charge is -2.35. The topological polar surface area (TPSA) is 81.8 Å². The molecular weight excluding hydrogens is 469 g/mol. The largest absolute Gasteiger partial charge is 0.444 e. The van der Waals surface area contributed by atoms with E-state index in [1.54, 1.807) is 22.7 Å². The Labute approximate surface area is 209 Å². The van der Waals surface area contributed by atoms with E-state index in [1.165, 1.54) is 12.1 Å². The minimum Gasteiger partial charge on any atom is -0.444 e. The van der Waals surface area contributed by atoms with Gasteiger partial charge >= 0.3 is 6.09 Å². The lowest BCUT2D eigenvalue weighted by Crippen LogP contribution is -2.48. The fourth-order valence-corrected chi connectivity index (χ4v) is 6.32. The van der Waals surface area contributed by atoms with Gasteiger partial charge in [-0.1, -0.05) is 0 Å². The number of rotatable bonds is 3. The summed E-state index contributed by atoms with van der Waals surface area (Å²) in [5.74, 6) is 2.59. The number of nitrogens with zero attached hydrogens (tertiary/aromatic N) is 4. The molecule has 10 heteroatoms. The van der Waals surface area contributed by atoms with Crippen LogP contribution in [0, 0.1) is 5.82 Å². The second kappa shape index (κ2) is 9.61. The molecule has 3 aliphatic rings. The molecule has 0 saturated carbocycles. The van der Waals surface area contributed by atoms with Crippen molar-refractivity contribution in [1.82, 2.24) is 24.7 Å². The smallest absolute Gasteiger partial charge is 0.411 e. The molecule has 8 nitrogen and oxygen atoms in total. The van der Waals surface area contributed by atoms with Gasteiger partial charge in [0.25, 0.3) is 0 Å². The molecule has 0 bridgehead atoms. The van der Waals surface area contributed by atoms with E-state index in [2.05, 4.69) is 14.9 Å². The highest BCUT2D eigenvalue weighted by Gasteiger charge is 2.45. The van der Waals surface area contributed by atoms with Gasteiger partial charge in [0.1, 0.15) is 23.3 Å². The zero-order valence-corrected chi connectivity index (χ0v) is 21.4. The summed E-state index contributed by atoms with van der Waals surface area (Å²) in [6.45, 7) is 8.52.